The standard InChI is InChI=1S/C22H28FN5O4S/c1-14(2)20-19-18(32-12-6-11-27(3)4)13-17(22(29)26-33(5,30)31)24-21(19)28(25-20)16-9-7-15(23)8-10-16/h7-10,13-14H,6,11-12H2,1-5H3,(H,26,29). The second-order valence-corrected chi connectivity index (χ2v) is 10.1. The highest BCUT2D eigenvalue weighted by atomic mass is 32.2. The second-order valence-electron chi connectivity index (χ2n) is 8.34. The molecular weight excluding hydrogens is 449 g/mol. The van der Waals surface area contributed by atoms with Crippen LogP contribution in [0.25, 0.3) is 16.7 Å². The van der Waals surface area contributed by atoms with Gasteiger partial charge in [-0.3, -0.25) is 4.79 Å². The number of nitrogens with one attached hydrogen (secondary N) is 1. The minimum atomic E-state index is -3.79. The summed E-state index contributed by atoms with van der Waals surface area (Å²) in [6.07, 6.45) is 1.63. The van der Waals surface area contributed by atoms with E-state index in [1.807, 2.05) is 37.6 Å². The Balaban J connectivity index is 2.19. The molecule has 0 aliphatic rings. The third-order valence-electron chi connectivity index (χ3n) is 4.76. The molecule has 3 rings (SSSR count). The van der Waals surface area contributed by atoms with Crippen molar-refractivity contribution in [2.75, 3.05) is 33.5 Å². The summed E-state index contributed by atoms with van der Waals surface area (Å²) in [5.41, 5.74) is 1.42. The van der Waals surface area contributed by atoms with Crippen LogP contribution in [0.4, 0.5) is 4.39 Å². The van der Waals surface area contributed by atoms with E-state index in [0.29, 0.717) is 34.8 Å². The Kier molecular flexibility index (Phi) is 7.33. The lowest BCUT2D eigenvalue weighted by Gasteiger charge is -2.13. The van der Waals surface area contributed by atoms with E-state index in [4.69, 9.17) is 4.74 Å². The van der Waals surface area contributed by atoms with E-state index in [1.165, 1.54) is 22.9 Å². The molecule has 2 aromatic heterocycles. The number of aromatic nitrogens is 3. The first-order valence-electron chi connectivity index (χ1n) is 10.5. The van der Waals surface area contributed by atoms with Gasteiger partial charge in [0.1, 0.15) is 17.3 Å². The number of halogens is 1. The summed E-state index contributed by atoms with van der Waals surface area (Å²) < 4.78 is 46.2. The highest BCUT2D eigenvalue weighted by Crippen LogP contribution is 2.34. The van der Waals surface area contributed by atoms with Gasteiger partial charge < -0.3 is 9.64 Å². The van der Waals surface area contributed by atoms with E-state index in [0.717, 1.165) is 19.2 Å². The number of nitrogens with zero attached hydrogens (tertiary/aromatic N) is 4. The molecule has 33 heavy (non-hydrogen) atoms. The molecular formula is C22H28FN5O4S. The lowest BCUT2D eigenvalue weighted by atomic mass is 10.1. The van der Waals surface area contributed by atoms with Gasteiger partial charge in [0.05, 0.1) is 29.6 Å². The van der Waals surface area contributed by atoms with Crippen LogP contribution < -0.4 is 9.46 Å². The van der Waals surface area contributed by atoms with E-state index in [2.05, 4.69) is 10.1 Å². The maximum Gasteiger partial charge on any atom is 0.283 e. The Morgan fingerprint density at radius 3 is 2.48 bits per heavy atom. The molecule has 0 aliphatic carbocycles. The summed E-state index contributed by atoms with van der Waals surface area (Å²) in [6.45, 7) is 5.12. The monoisotopic (exact) mass is 477 g/mol. The quantitative estimate of drug-likeness (QED) is 0.472. The molecule has 0 saturated heterocycles. The van der Waals surface area contributed by atoms with E-state index in [-0.39, 0.29) is 11.6 Å². The van der Waals surface area contributed by atoms with Crippen LogP contribution in [0.1, 0.15) is 42.4 Å². The maximum absolute atomic E-state index is 13.5. The number of pyridine rings is 1. The Labute approximate surface area is 192 Å². The number of carbonyl (C=O) groups is 1. The van der Waals surface area contributed by atoms with E-state index in [1.54, 1.807) is 12.1 Å². The summed E-state index contributed by atoms with van der Waals surface area (Å²) in [5, 5.41) is 5.29. The molecule has 11 heteroatoms. The van der Waals surface area contributed by atoms with Gasteiger partial charge in [-0.15, -0.1) is 0 Å². The third kappa shape index (κ3) is 6.05. The van der Waals surface area contributed by atoms with Crippen LogP contribution in [-0.4, -0.2) is 67.5 Å². The molecule has 1 N–H and O–H groups in total. The molecule has 0 unspecified atom stereocenters. The summed E-state index contributed by atoms with van der Waals surface area (Å²) in [4.78, 5) is 19.1. The Morgan fingerprint density at radius 2 is 1.91 bits per heavy atom. The molecule has 1 amide bonds. The molecule has 0 saturated carbocycles. The van der Waals surface area contributed by atoms with Crippen molar-refractivity contribution in [1.82, 2.24) is 24.4 Å². The number of hydrogen-bond donors (Lipinski definition) is 1. The van der Waals surface area contributed by atoms with Crippen LogP contribution in [0.15, 0.2) is 30.3 Å². The fourth-order valence-electron chi connectivity index (χ4n) is 3.29. The third-order valence-corrected chi connectivity index (χ3v) is 5.32. The van der Waals surface area contributed by atoms with Crippen LogP contribution in [0.2, 0.25) is 0 Å². The van der Waals surface area contributed by atoms with Crippen LogP contribution in [0, 0.1) is 5.82 Å². The van der Waals surface area contributed by atoms with Gasteiger partial charge in [0, 0.05) is 12.6 Å². The van der Waals surface area contributed by atoms with Gasteiger partial charge in [0.15, 0.2) is 5.65 Å². The van der Waals surface area contributed by atoms with Crippen molar-refractivity contribution in [1.29, 1.82) is 0 Å². The summed E-state index contributed by atoms with van der Waals surface area (Å²) in [5.74, 6) is -0.897. The summed E-state index contributed by atoms with van der Waals surface area (Å²) in [7, 11) is 0.127. The minimum Gasteiger partial charge on any atom is -0.493 e. The first-order valence-corrected chi connectivity index (χ1v) is 12.3. The molecule has 0 bridgehead atoms. The predicted molar refractivity (Wildman–Crippen MR) is 124 cm³/mol. The first kappa shape index (κ1) is 24.6. The van der Waals surface area contributed by atoms with Gasteiger partial charge in [0.2, 0.25) is 10.0 Å². The van der Waals surface area contributed by atoms with Crippen molar-refractivity contribution in [3.8, 4) is 11.4 Å². The van der Waals surface area contributed by atoms with Crippen molar-refractivity contribution < 1.29 is 22.3 Å². The van der Waals surface area contributed by atoms with E-state index >= 15 is 0 Å². The number of amides is 1. The van der Waals surface area contributed by atoms with Crippen LogP contribution in [-0.2, 0) is 10.0 Å². The van der Waals surface area contributed by atoms with Gasteiger partial charge in [-0.25, -0.2) is 27.2 Å². The lowest BCUT2D eigenvalue weighted by Crippen LogP contribution is -2.30. The zero-order valence-corrected chi connectivity index (χ0v) is 20.1. The molecule has 3 aromatic rings. The Morgan fingerprint density at radius 1 is 1.24 bits per heavy atom. The topological polar surface area (TPSA) is 106 Å². The van der Waals surface area contributed by atoms with Gasteiger partial charge in [-0.2, -0.15) is 5.10 Å². The normalized spacial score (nSPS) is 12.0. The zero-order chi connectivity index (χ0) is 24.3. The van der Waals surface area contributed by atoms with Crippen molar-refractivity contribution >= 4 is 27.0 Å². The van der Waals surface area contributed by atoms with Gasteiger partial charge >= 0.3 is 0 Å². The summed E-state index contributed by atoms with van der Waals surface area (Å²) >= 11 is 0. The molecule has 0 atom stereocenters. The number of hydrogen-bond acceptors (Lipinski definition) is 7. The fraction of sp³-hybridized carbons (Fsp3) is 0.409. The fourth-order valence-corrected chi connectivity index (χ4v) is 3.73. The number of benzene rings is 1. The average Bonchev–Trinajstić information content (AvgIpc) is 3.10. The minimum absolute atomic E-state index is 0.00387. The van der Waals surface area contributed by atoms with Crippen molar-refractivity contribution in [2.24, 2.45) is 0 Å². The maximum atomic E-state index is 13.5. The second kappa shape index (κ2) is 9.84. The molecule has 0 fully saturated rings. The van der Waals surface area contributed by atoms with Crippen LogP contribution in [0.3, 0.4) is 0 Å². The number of rotatable bonds is 9. The smallest absolute Gasteiger partial charge is 0.283 e. The van der Waals surface area contributed by atoms with Gasteiger partial charge in [0.25, 0.3) is 5.91 Å². The van der Waals surface area contributed by atoms with Crippen molar-refractivity contribution in [3.63, 3.8) is 0 Å². The molecule has 178 valence electrons. The molecule has 2 heterocycles. The average molecular weight is 478 g/mol. The molecule has 9 nitrogen and oxygen atoms in total. The predicted octanol–water partition coefficient (Wildman–Crippen LogP) is 2.70. The Bertz CT molecular complexity index is 1250. The molecule has 0 spiro atoms. The van der Waals surface area contributed by atoms with E-state index < -0.39 is 21.7 Å². The highest BCUT2D eigenvalue weighted by molar-refractivity contribution is 7.89. The highest BCUT2D eigenvalue weighted by Gasteiger charge is 2.24. The van der Waals surface area contributed by atoms with Gasteiger partial charge in [-0.1, -0.05) is 13.8 Å². The van der Waals surface area contributed by atoms with E-state index in [9.17, 15) is 17.6 Å². The zero-order valence-electron chi connectivity index (χ0n) is 19.3. The number of ether oxygens (including phenoxy) is 1. The largest absolute Gasteiger partial charge is 0.493 e. The number of fused-ring (bicyclic) bond motifs is 1. The molecule has 1 aromatic carbocycles. The van der Waals surface area contributed by atoms with Gasteiger partial charge in [-0.05, 0) is 50.7 Å². The van der Waals surface area contributed by atoms with Crippen molar-refractivity contribution in [2.45, 2.75) is 26.2 Å². The lowest BCUT2D eigenvalue weighted by molar-refractivity contribution is 0.0976. The Hall–Kier alpha value is -3.05. The molecule has 0 radical (unpaired) electrons. The van der Waals surface area contributed by atoms with Crippen molar-refractivity contribution in [3.05, 3.63) is 47.5 Å². The first-order chi connectivity index (χ1) is 15.5. The SMILES string of the molecule is CC(C)c1nn(-c2ccc(F)cc2)c2nc(C(=O)NS(C)(=O)=O)cc(OCCCN(C)C)c12. The van der Waals surface area contributed by atoms with Crippen LogP contribution >= 0.6 is 0 Å². The molecule has 0 aliphatic heterocycles. The number of carbonyl (C=O) groups excluding carboxylic acids is 1. The van der Waals surface area contributed by atoms with Crippen LogP contribution in [0.5, 0.6) is 5.75 Å². The number of sulfonamides is 1. The summed E-state index contributed by atoms with van der Waals surface area (Å²) in [6, 6.07) is 7.14.